The average Bonchev–Trinajstić information content (AvgIpc) is 2.27. The second-order valence-corrected chi connectivity index (χ2v) is 5.77. The van der Waals surface area contributed by atoms with Crippen molar-refractivity contribution >= 4 is 11.8 Å². The molecule has 0 bridgehead atoms. The van der Waals surface area contributed by atoms with Gasteiger partial charge < -0.3 is 11.1 Å². The quantitative estimate of drug-likeness (QED) is 0.734. The first-order valence-corrected chi connectivity index (χ1v) is 7.59. The monoisotopic (exact) mass is 230 g/mol. The van der Waals surface area contributed by atoms with Gasteiger partial charge in [-0.25, -0.2) is 0 Å². The molecule has 3 N–H and O–H groups in total. The van der Waals surface area contributed by atoms with Crippen LogP contribution in [0, 0.1) is 11.8 Å². The Balaban J connectivity index is 2.22. The van der Waals surface area contributed by atoms with E-state index in [1.165, 1.54) is 31.4 Å². The van der Waals surface area contributed by atoms with Gasteiger partial charge in [0, 0.05) is 6.04 Å². The van der Waals surface area contributed by atoms with E-state index in [1.807, 2.05) is 11.8 Å². The largest absolute Gasteiger partial charge is 0.330 e. The molecule has 1 aliphatic rings. The minimum Gasteiger partial charge on any atom is -0.330 e. The summed E-state index contributed by atoms with van der Waals surface area (Å²) in [6.07, 6.45) is 7.59. The number of hydrogen-bond donors (Lipinski definition) is 2. The molecule has 0 aromatic rings. The van der Waals surface area contributed by atoms with Gasteiger partial charge in [0.2, 0.25) is 0 Å². The van der Waals surface area contributed by atoms with Crippen molar-refractivity contribution < 1.29 is 0 Å². The van der Waals surface area contributed by atoms with Crippen LogP contribution in [0.2, 0.25) is 0 Å². The maximum atomic E-state index is 5.81. The number of hydrogen-bond acceptors (Lipinski definition) is 3. The summed E-state index contributed by atoms with van der Waals surface area (Å²) in [4.78, 5) is 0. The Bertz CT molecular complexity index is 164. The van der Waals surface area contributed by atoms with E-state index < -0.39 is 0 Å². The highest BCUT2D eigenvalue weighted by Gasteiger charge is 2.23. The fourth-order valence-electron chi connectivity index (χ4n) is 2.45. The van der Waals surface area contributed by atoms with Crippen LogP contribution in [0.3, 0.4) is 0 Å². The highest BCUT2D eigenvalue weighted by Crippen LogP contribution is 2.23. The van der Waals surface area contributed by atoms with Crippen molar-refractivity contribution in [3.8, 4) is 0 Å². The lowest BCUT2D eigenvalue weighted by atomic mass is 9.84. The van der Waals surface area contributed by atoms with Gasteiger partial charge in [0.1, 0.15) is 0 Å². The van der Waals surface area contributed by atoms with Crippen molar-refractivity contribution in [2.24, 2.45) is 17.6 Å². The first-order valence-electron chi connectivity index (χ1n) is 6.20. The molecule has 0 aromatic heterocycles. The van der Waals surface area contributed by atoms with Crippen LogP contribution < -0.4 is 11.1 Å². The van der Waals surface area contributed by atoms with Crippen LogP contribution in [0.5, 0.6) is 0 Å². The minimum atomic E-state index is 0.688. The van der Waals surface area contributed by atoms with Gasteiger partial charge in [-0.05, 0) is 49.8 Å². The van der Waals surface area contributed by atoms with E-state index in [0.29, 0.717) is 6.04 Å². The molecular weight excluding hydrogens is 204 g/mol. The Morgan fingerprint density at radius 3 is 2.80 bits per heavy atom. The highest BCUT2D eigenvalue weighted by atomic mass is 32.2. The zero-order valence-corrected chi connectivity index (χ0v) is 11.0. The van der Waals surface area contributed by atoms with Crippen LogP contribution in [0.25, 0.3) is 0 Å². The first kappa shape index (κ1) is 13.3. The summed E-state index contributed by atoms with van der Waals surface area (Å²) in [5.41, 5.74) is 5.81. The highest BCUT2D eigenvalue weighted by molar-refractivity contribution is 7.98. The van der Waals surface area contributed by atoms with Crippen LogP contribution >= 0.6 is 11.8 Å². The summed E-state index contributed by atoms with van der Waals surface area (Å²) < 4.78 is 0. The fraction of sp³-hybridized carbons (Fsp3) is 1.00. The lowest BCUT2D eigenvalue weighted by Crippen LogP contribution is -2.43. The van der Waals surface area contributed by atoms with Crippen LogP contribution in [0.4, 0.5) is 0 Å². The second-order valence-electron chi connectivity index (χ2n) is 4.86. The first-order chi connectivity index (χ1) is 7.27. The van der Waals surface area contributed by atoms with Crippen molar-refractivity contribution in [2.45, 2.75) is 38.6 Å². The SMILES string of the molecule is CSCC(C)CNC1CCCCC1CN. The zero-order chi connectivity index (χ0) is 11.1. The Hall–Kier alpha value is 0.270. The van der Waals surface area contributed by atoms with Crippen LogP contribution in [-0.2, 0) is 0 Å². The van der Waals surface area contributed by atoms with Gasteiger partial charge in [-0.1, -0.05) is 19.8 Å². The van der Waals surface area contributed by atoms with Gasteiger partial charge >= 0.3 is 0 Å². The summed E-state index contributed by atoms with van der Waals surface area (Å²) in [5.74, 6) is 2.76. The molecule has 1 aliphatic carbocycles. The number of rotatable bonds is 6. The van der Waals surface area contributed by atoms with E-state index in [2.05, 4.69) is 18.5 Å². The molecule has 3 heteroatoms. The Morgan fingerprint density at radius 2 is 2.13 bits per heavy atom. The van der Waals surface area contributed by atoms with E-state index in [-0.39, 0.29) is 0 Å². The summed E-state index contributed by atoms with van der Waals surface area (Å²) in [6, 6.07) is 0.688. The third-order valence-electron chi connectivity index (χ3n) is 3.39. The van der Waals surface area contributed by atoms with E-state index in [1.54, 1.807) is 0 Å². The van der Waals surface area contributed by atoms with Crippen LogP contribution in [0.15, 0.2) is 0 Å². The number of nitrogens with two attached hydrogens (primary N) is 1. The lowest BCUT2D eigenvalue weighted by molar-refractivity contribution is 0.262. The van der Waals surface area contributed by atoms with E-state index >= 15 is 0 Å². The van der Waals surface area contributed by atoms with E-state index in [0.717, 1.165) is 24.9 Å². The standard InChI is InChI=1S/C12H26N2S/c1-10(9-15-2)8-14-12-6-4-3-5-11(12)7-13/h10-12,14H,3-9,13H2,1-2H3. The topological polar surface area (TPSA) is 38.0 Å². The predicted molar refractivity (Wildman–Crippen MR) is 70.3 cm³/mol. The van der Waals surface area contributed by atoms with Crippen molar-refractivity contribution in [1.82, 2.24) is 5.32 Å². The molecule has 0 aliphatic heterocycles. The molecule has 1 rings (SSSR count). The van der Waals surface area contributed by atoms with Gasteiger partial charge in [-0.3, -0.25) is 0 Å². The molecule has 0 spiro atoms. The van der Waals surface area contributed by atoms with Crippen molar-refractivity contribution in [3.05, 3.63) is 0 Å². The molecule has 0 heterocycles. The summed E-state index contributed by atoms with van der Waals surface area (Å²) in [7, 11) is 0. The van der Waals surface area contributed by atoms with Crippen molar-refractivity contribution in [1.29, 1.82) is 0 Å². The van der Waals surface area contributed by atoms with E-state index in [9.17, 15) is 0 Å². The number of nitrogens with one attached hydrogen (secondary N) is 1. The summed E-state index contributed by atoms with van der Waals surface area (Å²) in [5, 5.41) is 3.71. The molecule has 1 saturated carbocycles. The zero-order valence-electron chi connectivity index (χ0n) is 10.2. The third-order valence-corrected chi connectivity index (χ3v) is 4.29. The Labute approximate surface area is 98.8 Å². The molecule has 3 unspecified atom stereocenters. The molecule has 2 nitrogen and oxygen atoms in total. The predicted octanol–water partition coefficient (Wildman–Crippen LogP) is 2.09. The van der Waals surface area contributed by atoms with Gasteiger partial charge in [0.05, 0.1) is 0 Å². The lowest BCUT2D eigenvalue weighted by Gasteiger charge is -2.32. The van der Waals surface area contributed by atoms with Crippen molar-refractivity contribution in [2.75, 3.05) is 25.1 Å². The molecule has 0 amide bonds. The average molecular weight is 230 g/mol. The normalized spacial score (nSPS) is 29.0. The van der Waals surface area contributed by atoms with Crippen LogP contribution in [0.1, 0.15) is 32.6 Å². The smallest absolute Gasteiger partial charge is 0.0107 e. The van der Waals surface area contributed by atoms with Gasteiger partial charge in [0.15, 0.2) is 0 Å². The fourth-order valence-corrected chi connectivity index (χ4v) is 3.14. The molecule has 0 saturated heterocycles. The molecular formula is C12H26N2S. The molecule has 15 heavy (non-hydrogen) atoms. The third kappa shape index (κ3) is 4.75. The second kappa shape index (κ2) is 7.53. The molecule has 3 atom stereocenters. The summed E-state index contributed by atoms with van der Waals surface area (Å²) in [6.45, 7) is 4.33. The van der Waals surface area contributed by atoms with Gasteiger partial charge in [-0.15, -0.1) is 0 Å². The maximum absolute atomic E-state index is 5.81. The molecule has 0 radical (unpaired) electrons. The van der Waals surface area contributed by atoms with Crippen LogP contribution in [-0.4, -0.2) is 31.1 Å². The van der Waals surface area contributed by atoms with E-state index in [4.69, 9.17) is 5.73 Å². The maximum Gasteiger partial charge on any atom is 0.0107 e. The van der Waals surface area contributed by atoms with Gasteiger partial charge in [0.25, 0.3) is 0 Å². The minimum absolute atomic E-state index is 0.688. The molecule has 0 aromatic carbocycles. The Kier molecular flexibility index (Phi) is 6.69. The number of thioether (sulfide) groups is 1. The summed E-state index contributed by atoms with van der Waals surface area (Å²) >= 11 is 1.94. The molecule has 90 valence electrons. The van der Waals surface area contributed by atoms with Crippen molar-refractivity contribution in [3.63, 3.8) is 0 Å². The van der Waals surface area contributed by atoms with Gasteiger partial charge in [-0.2, -0.15) is 11.8 Å². The Morgan fingerprint density at radius 1 is 1.40 bits per heavy atom. The molecule has 1 fully saturated rings.